The van der Waals surface area contributed by atoms with E-state index in [4.69, 9.17) is 15.6 Å². The number of carboxylic acid groups (broad SMARTS) is 1. The number of terminal acetylenes is 1. The Bertz CT molecular complexity index is 1960. The number of fused-ring (bicyclic) bond motifs is 5. The molecule has 6 rings (SSSR count). The molecule has 0 bridgehead atoms. The summed E-state index contributed by atoms with van der Waals surface area (Å²) in [5.74, 6) is -1.12. The fourth-order valence-electron chi connectivity index (χ4n) is 5.94. The minimum atomic E-state index is -1.45. The first kappa shape index (κ1) is 27.7. The van der Waals surface area contributed by atoms with Crippen molar-refractivity contribution in [2.24, 2.45) is 0 Å². The summed E-state index contributed by atoms with van der Waals surface area (Å²) in [5, 5.41) is 10.5. The van der Waals surface area contributed by atoms with E-state index in [-0.39, 0.29) is 22.4 Å². The number of benzene rings is 3. The SMILES string of the molecule is C#CN1C(=O)c2ccc(C(=O)O)cc2C12C=C(c1cc3ccc(N(CC)CC)cc3oc1=O)Oc1cc(N(C)C)ccc12. The number of aromatic carboxylic acids is 1. The van der Waals surface area contributed by atoms with Gasteiger partial charge in [-0.15, -0.1) is 0 Å². The number of rotatable bonds is 6. The molecule has 0 saturated heterocycles. The molecule has 1 aromatic heterocycles. The predicted molar refractivity (Wildman–Crippen MR) is 165 cm³/mol. The molecule has 3 aromatic carbocycles. The quantitative estimate of drug-likeness (QED) is 0.250. The van der Waals surface area contributed by atoms with Gasteiger partial charge in [0.15, 0.2) is 0 Å². The van der Waals surface area contributed by atoms with E-state index in [0.29, 0.717) is 27.8 Å². The van der Waals surface area contributed by atoms with Crippen LogP contribution in [0.25, 0.3) is 16.7 Å². The molecule has 1 unspecified atom stereocenters. The molecule has 3 heterocycles. The van der Waals surface area contributed by atoms with Crippen molar-refractivity contribution >= 4 is 40.0 Å². The molecule has 4 aromatic rings. The fraction of sp³-hybridized carbons (Fsp3) is 0.206. The van der Waals surface area contributed by atoms with E-state index in [1.54, 1.807) is 24.3 Å². The van der Waals surface area contributed by atoms with Crippen molar-refractivity contribution in [1.29, 1.82) is 0 Å². The molecule has 9 heteroatoms. The van der Waals surface area contributed by atoms with Gasteiger partial charge in [0.05, 0.1) is 5.56 Å². The maximum atomic E-state index is 13.7. The number of nitrogens with zero attached hydrogens (tertiary/aromatic N) is 3. The lowest BCUT2D eigenvalue weighted by atomic mass is 9.79. The Morgan fingerprint density at radius 3 is 2.37 bits per heavy atom. The number of carbonyl (C=O) groups is 2. The Kier molecular flexibility index (Phi) is 6.50. The molecule has 43 heavy (non-hydrogen) atoms. The number of amides is 1. The Balaban J connectivity index is 1.63. The lowest BCUT2D eigenvalue weighted by Crippen LogP contribution is -2.42. The summed E-state index contributed by atoms with van der Waals surface area (Å²) in [7, 11) is 3.76. The summed E-state index contributed by atoms with van der Waals surface area (Å²) < 4.78 is 12.2. The van der Waals surface area contributed by atoms with Crippen LogP contribution >= 0.6 is 0 Å². The van der Waals surface area contributed by atoms with E-state index in [0.717, 1.165) is 24.5 Å². The summed E-state index contributed by atoms with van der Waals surface area (Å²) >= 11 is 0. The number of hydrogen-bond donors (Lipinski definition) is 1. The molecule has 2 aliphatic heterocycles. The highest BCUT2D eigenvalue weighted by Gasteiger charge is 2.53. The van der Waals surface area contributed by atoms with Crippen molar-refractivity contribution in [2.45, 2.75) is 19.4 Å². The summed E-state index contributed by atoms with van der Waals surface area (Å²) in [4.78, 5) is 44.5. The molecule has 1 N–H and O–H groups in total. The molecule has 0 saturated carbocycles. The lowest BCUT2D eigenvalue weighted by Gasteiger charge is -2.38. The van der Waals surface area contributed by atoms with Crippen LogP contribution in [0.15, 0.2) is 76.0 Å². The number of carboxylic acids is 1. The average Bonchev–Trinajstić information content (AvgIpc) is 3.23. The van der Waals surface area contributed by atoms with Crippen LogP contribution in [0.3, 0.4) is 0 Å². The van der Waals surface area contributed by atoms with Gasteiger partial charge in [0.25, 0.3) is 5.91 Å². The monoisotopic (exact) mass is 575 g/mol. The highest BCUT2D eigenvalue weighted by molar-refractivity contribution is 6.04. The van der Waals surface area contributed by atoms with Gasteiger partial charge >= 0.3 is 11.6 Å². The largest absolute Gasteiger partial charge is 0.478 e. The van der Waals surface area contributed by atoms with Crippen LogP contribution in [0.4, 0.5) is 11.4 Å². The summed E-state index contributed by atoms with van der Waals surface area (Å²) in [5.41, 5.74) is 1.39. The first-order valence-corrected chi connectivity index (χ1v) is 13.9. The van der Waals surface area contributed by atoms with Gasteiger partial charge in [-0.3, -0.25) is 4.79 Å². The van der Waals surface area contributed by atoms with Crippen LogP contribution < -0.4 is 20.2 Å². The second kappa shape index (κ2) is 10.1. The van der Waals surface area contributed by atoms with Gasteiger partial charge in [0.2, 0.25) is 0 Å². The summed E-state index contributed by atoms with van der Waals surface area (Å²) in [6, 6.07) is 19.6. The van der Waals surface area contributed by atoms with Crippen molar-refractivity contribution in [1.82, 2.24) is 4.90 Å². The van der Waals surface area contributed by atoms with Gasteiger partial charge in [-0.1, -0.05) is 12.5 Å². The number of anilines is 2. The zero-order chi connectivity index (χ0) is 30.6. The van der Waals surface area contributed by atoms with Crippen molar-refractivity contribution in [3.63, 3.8) is 0 Å². The van der Waals surface area contributed by atoms with Crippen LogP contribution in [-0.4, -0.2) is 49.1 Å². The highest BCUT2D eigenvalue weighted by atomic mass is 16.5. The van der Waals surface area contributed by atoms with Crippen LogP contribution in [0.1, 0.15) is 51.3 Å². The Morgan fingerprint density at radius 1 is 0.953 bits per heavy atom. The Hall–Kier alpha value is -5.49. The zero-order valence-corrected chi connectivity index (χ0v) is 24.2. The van der Waals surface area contributed by atoms with E-state index in [9.17, 15) is 19.5 Å². The van der Waals surface area contributed by atoms with Crippen molar-refractivity contribution < 1.29 is 23.8 Å². The van der Waals surface area contributed by atoms with Gasteiger partial charge in [-0.2, -0.15) is 0 Å². The lowest BCUT2D eigenvalue weighted by molar-refractivity contribution is 0.0696. The second-order valence-electron chi connectivity index (χ2n) is 10.6. The molecule has 0 radical (unpaired) electrons. The normalized spacial score (nSPS) is 16.8. The molecule has 1 amide bonds. The van der Waals surface area contributed by atoms with Crippen molar-refractivity contribution in [2.75, 3.05) is 37.0 Å². The fourth-order valence-corrected chi connectivity index (χ4v) is 5.94. The minimum Gasteiger partial charge on any atom is -0.478 e. The van der Waals surface area contributed by atoms with Gasteiger partial charge in [0.1, 0.15) is 28.2 Å². The van der Waals surface area contributed by atoms with Crippen LogP contribution in [0.5, 0.6) is 5.75 Å². The first-order chi connectivity index (χ1) is 20.6. The van der Waals surface area contributed by atoms with E-state index < -0.39 is 23.0 Å². The number of carbonyl (C=O) groups excluding carboxylic acids is 1. The molecule has 1 atom stereocenters. The predicted octanol–water partition coefficient (Wildman–Crippen LogP) is 5.13. The molecule has 9 nitrogen and oxygen atoms in total. The molecular weight excluding hydrogens is 546 g/mol. The summed E-state index contributed by atoms with van der Waals surface area (Å²) in [6.45, 7) is 5.72. The van der Waals surface area contributed by atoms with Crippen molar-refractivity contribution in [3.05, 3.63) is 105 Å². The van der Waals surface area contributed by atoms with Crippen LogP contribution in [-0.2, 0) is 5.54 Å². The number of hydrogen-bond acceptors (Lipinski definition) is 7. The number of ether oxygens (including phenoxy) is 1. The van der Waals surface area contributed by atoms with E-state index in [2.05, 4.69) is 24.8 Å². The van der Waals surface area contributed by atoms with Crippen LogP contribution in [0, 0.1) is 12.5 Å². The highest BCUT2D eigenvalue weighted by Crippen LogP contribution is 2.53. The van der Waals surface area contributed by atoms with Gasteiger partial charge in [-0.25, -0.2) is 14.5 Å². The minimum absolute atomic E-state index is 0.00748. The smallest absolute Gasteiger partial charge is 0.347 e. The zero-order valence-electron chi connectivity index (χ0n) is 24.2. The molecule has 2 aliphatic rings. The Morgan fingerprint density at radius 2 is 1.70 bits per heavy atom. The van der Waals surface area contributed by atoms with Gasteiger partial charge in [-0.05, 0) is 62.4 Å². The average molecular weight is 576 g/mol. The standard InChI is InChI=1S/C34H29N3O6/c1-6-36(7-2)23-11-9-20-15-25(33(41)43-28(20)18-23)30-19-34(26-14-12-22(35(4)5)17-29(26)42-30)27-16-21(32(39)40)10-13-24(27)31(38)37(34)8-3/h3,9-19H,6-7H2,1-2,4-5H3,(H,39,40). The third-order valence-corrected chi connectivity index (χ3v) is 8.16. The van der Waals surface area contributed by atoms with Crippen LogP contribution in [0.2, 0.25) is 0 Å². The maximum absolute atomic E-state index is 13.7. The molecule has 0 aliphatic carbocycles. The van der Waals surface area contributed by atoms with Gasteiger partial charge < -0.3 is 24.1 Å². The third kappa shape index (κ3) is 4.14. The molecular formula is C34H29N3O6. The van der Waals surface area contributed by atoms with E-state index in [1.165, 1.54) is 23.1 Å². The van der Waals surface area contributed by atoms with E-state index in [1.807, 2.05) is 43.3 Å². The maximum Gasteiger partial charge on any atom is 0.347 e. The molecule has 0 fully saturated rings. The second-order valence-corrected chi connectivity index (χ2v) is 10.6. The van der Waals surface area contributed by atoms with E-state index >= 15 is 0 Å². The first-order valence-electron chi connectivity index (χ1n) is 13.9. The topological polar surface area (TPSA) is 104 Å². The molecule has 1 spiro atoms. The Labute approximate surface area is 248 Å². The van der Waals surface area contributed by atoms with Gasteiger partial charge in [0, 0.05) is 78.8 Å². The third-order valence-electron chi connectivity index (χ3n) is 8.16. The summed E-state index contributed by atoms with van der Waals surface area (Å²) in [6.07, 6.45) is 7.58. The molecule has 216 valence electrons. The van der Waals surface area contributed by atoms with Crippen molar-refractivity contribution in [3.8, 4) is 18.2 Å².